The van der Waals surface area contributed by atoms with Gasteiger partial charge in [-0.2, -0.15) is 0 Å². The molecule has 0 aromatic carbocycles. The van der Waals surface area contributed by atoms with Crippen molar-refractivity contribution in [3.05, 3.63) is 31.2 Å². The van der Waals surface area contributed by atoms with Gasteiger partial charge in [0.2, 0.25) is 0 Å². The Morgan fingerprint density at radius 3 is 2.36 bits per heavy atom. The molecule has 0 nitrogen and oxygen atoms in total. The summed E-state index contributed by atoms with van der Waals surface area (Å²) in [6.07, 6.45) is 8.99. The zero-order valence-corrected chi connectivity index (χ0v) is 7.90. The first-order valence-corrected chi connectivity index (χ1v) is 3.87. The Hall–Kier alpha value is -0.0526. The molecule has 0 atom stereocenters. The second kappa shape index (κ2) is 9.95. The Morgan fingerprint density at radius 1 is 1.36 bits per heavy atom. The molecule has 0 saturated carbocycles. The van der Waals surface area contributed by atoms with E-state index in [-0.39, 0.29) is 18.9 Å². The van der Waals surface area contributed by atoms with Crippen LogP contribution in [0.3, 0.4) is 0 Å². The number of unbranched alkanes of at least 4 members (excludes halogenated alkanes) is 3. The molecule has 11 heavy (non-hydrogen) atoms. The van der Waals surface area contributed by atoms with E-state index < -0.39 is 0 Å². The largest absolute Gasteiger partial charge is 1.00 e. The van der Waals surface area contributed by atoms with E-state index in [4.69, 9.17) is 0 Å². The number of rotatable bonds is 5. The SMILES string of the molecule is C=CCCCC/C=C(/[CH2-])C.[Li+]. The first kappa shape index (κ1) is 13.5. The summed E-state index contributed by atoms with van der Waals surface area (Å²) < 4.78 is 0. The molecule has 0 saturated heterocycles. The summed E-state index contributed by atoms with van der Waals surface area (Å²) in [5, 5.41) is 0. The predicted octanol–water partition coefficient (Wildman–Crippen LogP) is 0.517. The molecule has 0 aromatic rings. The van der Waals surface area contributed by atoms with E-state index >= 15 is 0 Å². The van der Waals surface area contributed by atoms with Crippen molar-refractivity contribution in [3.8, 4) is 0 Å². The second-order valence-electron chi connectivity index (χ2n) is 2.62. The van der Waals surface area contributed by atoms with Gasteiger partial charge in [0.05, 0.1) is 0 Å². The molecule has 0 aliphatic heterocycles. The topological polar surface area (TPSA) is 0 Å². The summed E-state index contributed by atoms with van der Waals surface area (Å²) >= 11 is 0. The summed E-state index contributed by atoms with van der Waals surface area (Å²) in [5.74, 6) is 0. The Morgan fingerprint density at radius 2 is 1.91 bits per heavy atom. The van der Waals surface area contributed by atoms with Gasteiger partial charge in [-0.3, -0.25) is 0 Å². The van der Waals surface area contributed by atoms with Gasteiger partial charge in [0.15, 0.2) is 0 Å². The molecule has 0 radical (unpaired) electrons. The van der Waals surface area contributed by atoms with Crippen LogP contribution in [0.4, 0.5) is 0 Å². The zero-order valence-electron chi connectivity index (χ0n) is 7.90. The predicted molar refractivity (Wildman–Crippen MR) is 47.8 cm³/mol. The number of hydrogen-bond donors (Lipinski definition) is 0. The molecule has 0 unspecified atom stereocenters. The molecular formula is C10H17Li. The fourth-order valence-electron chi connectivity index (χ4n) is 0.781. The van der Waals surface area contributed by atoms with Gasteiger partial charge in [-0.05, 0) is 6.42 Å². The van der Waals surface area contributed by atoms with Crippen LogP contribution in [-0.4, -0.2) is 0 Å². The molecule has 0 aromatic heterocycles. The van der Waals surface area contributed by atoms with Crippen molar-refractivity contribution in [1.82, 2.24) is 0 Å². The fraction of sp³-hybridized carbons (Fsp3) is 0.500. The first-order chi connectivity index (χ1) is 4.77. The minimum atomic E-state index is 0. The quantitative estimate of drug-likeness (QED) is 0.228. The van der Waals surface area contributed by atoms with Gasteiger partial charge >= 0.3 is 18.9 Å². The molecular weight excluding hydrogens is 127 g/mol. The molecule has 58 valence electrons. The molecule has 0 spiro atoms. The maximum absolute atomic E-state index is 3.80. The van der Waals surface area contributed by atoms with Crippen LogP contribution in [0.25, 0.3) is 0 Å². The third-order valence-electron chi connectivity index (χ3n) is 1.36. The van der Waals surface area contributed by atoms with E-state index in [1.54, 1.807) is 0 Å². The van der Waals surface area contributed by atoms with Crippen LogP contribution < -0.4 is 18.9 Å². The van der Waals surface area contributed by atoms with Gasteiger partial charge in [0.25, 0.3) is 0 Å². The summed E-state index contributed by atoms with van der Waals surface area (Å²) in [6.45, 7) is 9.50. The van der Waals surface area contributed by atoms with Crippen LogP contribution in [-0.2, 0) is 0 Å². The fourth-order valence-corrected chi connectivity index (χ4v) is 0.781. The maximum Gasteiger partial charge on any atom is 1.00 e. The molecule has 1 heteroatoms. The van der Waals surface area contributed by atoms with Crippen molar-refractivity contribution < 1.29 is 18.9 Å². The van der Waals surface area contributed by atoms with Crippen molar-refractivity contribution in [3.63, 3.8) is 0 Å². The Bertz CT molecular complexity index is 110. The first-order valence-electron chi connectivity index (χ1n) is 3.87. The summed E-state index contributed by atoms with van der Waals surface area (Å²) in [7, 11) is 0. The molecule has 0 bridgehead atoms. The van der Waals surface area contributed by atoms with Gasteiger partial charge in [-0.1, -0.05) is 25.8 Å². The Kier molecular flexibility index (Phi) is 12.2. The monoisotopic (exact) mass is 144 g/mol. The van der Waals surface area contributed by atoms with E-state index in [1.165, 1.54) is 24.8 Å². The standard InChI is InChI=1S/C10H17.Li/c1-4-5-6-7-8-9-10(2)3;/h4,9H,1-2,5-8H2,3H3;/q-1;+1/b10-9-;. The molecule has 0 aliphatic rings. The van der Waals surface area contributed by atoms with E-state index in [2.05, 4.69) is 19.6 Å². The average molecular weight is 144 g/mol. The minimum absolute atomic E-state index is 0. The van der Waals surface area contributed by atoms with Crippen LogP contribution in [0, 0.1) is 6.92 Å². The Balaban J connectivity index is 0. The van der Waals surface area contributed by atoms with Crippen LogP contribution in [0.5, 0.6) is 0 Å². The van der Waals surface area contributed by atoms with Gasteiger partial charge in [0.1, 0.15) is 0 Å². The summed E-state index contributed by atoms with van der Waals surface area (Å²) in [5.41, 5.74) is 1.18. The van der Waals surface area contributed by atoms with E-state index in [1.807, 2.05) is 13.0 Å². The van der Waals surface area contributed by atoms with Crippen molar-refractivity contribution in [2.75, 3.05) is 0 Å². The smallest absolute Gasteiger partial charge is 0.242 e. The molecule has 0 rings (SSSR count). The van der Waals surface area contributed by atoms with Crippen molar-refractivity contribution in [1.29, 1.82) is 0 Å². The van der Waals surface area contributed by atoms with Crippen LogP contribution in [0.2, 0.25) is 0 Å². The molecule has 0 aliphatic carbocycles. The van der Waals surface area contributed by atoms with Gasteiger partial charge in [-0.25, -0.2) is 18.6 Å². The third-order valence-corrected chi connectivity index (χ3v) is 1.36. The van der Waals surface area contributed by atoms with Crippen molar-refractivity contribution >= 4 is 0 Å². The van der Waals surface area contributed by atoms with Crippen molar-refractivity contribution in [2.24, 2.45) is 0 Å². The van der Waals surface area contributed by atoms with Crippen molar-refractivity contribution in [2.45, 2.75) is 32.6 Å². The zero-order chi connectivity index (χ0) is 7.82. The van der Waals surface area contributed by atoms with Gasteiger partial charge in [-0.15, -0.1) is 13.0 Å². The van der Waals surface area contributed by atoms with E-state index in [0.717, 1.165) is 6.42 Å². The van der Waals surface area contributed by atoms with Crippen LogP contribution in [0.1, 0.15) is 32.6 Å². The van der Waals surface area contributed by atoms with Gasteiger partial charge in [0, 0.05) is 0 Å². The Labute approximate surface area is 82.9 Å². The minimum Gasteiger partial charge on any atom is -0.242 e. The van der Waals surface area contributed by atoms with Crippen LogP contribution >= 0.6 is 0 Å². The summed E-state index contributed by atoms with van der Waals surface area (Å²) in [4.78, 5) is 0. The van der Waals surface area contributed by atoms with E-state index in [9.17, 15) is 0 Å². The maximum atomic E-state index is 3.80. The van der Waals surface area contributed by atoms with Gasteiger partial charge < -0.3 is 0 Å². The van der Waals surface area contributed by atoms with E-state index in [0.29, 0.717) is 0 Å². The summed E-state index contributed by atoms with van der Waals surface area (Å²) in [6, 6.07) is 0. The average Bonchev–Trinajstić information content (AvgIpc) is 1.87. The molecule has 0 fully saturated rings. The normalized spacial score (nSPS) is 10.5. The molecule has 0 amide bonds. The molecule has 0 N–H and O–H groups in total. The number of hydrogen-bond acceptors (Lipinski definition) is 0. The number of allylic oxidation sites excluding steroid dienone is 3. The van der Waals surface area contributed by atoms with Crippen LogP contribution in [0.15, 0.2) is 24.3 Å². The third kappa shape index (κ3) is 13.0. The second-order valence-corrected chi connectivity index (χ2v) is 2.62. The molecule has 0 heterocycles.